The quantitative estimate of drug-likeness (QED) is 0.261. The third kappa shape index (κ3) is 7.89. The number of benzene rings is 1. The van der Waals surface area contributed by atoms with Gasteiger partial charge in [0.05, 0.1) is 7.11 Å². The van der Waals surface area contributed by atoms with Gasteiger partial charge in [0.15, 0.2) is 11.5 Å². The zero-order valence-corrected chi connectivity index (χ0v) is 24.2. The first kappa shape index (κ1) is 29.3. The van der Waals surface area contributed by atoms with Gasteiger partial charge in [-0.15, -0.1) is 0 Å². The van der Waals surface area contributed by atoms with Crippen molar-refractivity contribution in [1.82, 2.24) is 5.32 Å². The van der Waals surface area contributed by atoms with Crippen molar-refractivity contribution in [2.75, 3.05) is 13.7 Å². The molecule has 1 atom stereocenters. The standard InChI is InChI=1S/C33H45NO4/c1-23(13-14-27-25(3)12-9-16-32(27,4)5)10-8-11-24(2)20-31(36)34-19-18-33(6)17-15-26-21-28(35)30(37-7)22-29(26)38-33/h8,10-11,13-14,20-22,35H,9,12,15-19H2,1-7H3,(H,34,36)/b11-8+,14-13+,23-10+,24-20+. The van der Waals surface area contributed by atoms with Gasteiger partial charge in [0.2, 0.25) is 5.91 Å². The molecule has 2 aliphatic rings. The Bertz CT molecular complexity index is 1180. The van der Waals surface area contributed by atoms with Crippen molar-refractivity contribution >= 4 is 5.91 Å². The minimum absolute atomic E-state index is 0.110. The average molecular weight is 520 g/mol. The molecule has 1 amide bonds. The molecule has 0 saturated heterocycles. The molecule has 0 aromatic heterocycles. The van der Waals surface area contributed by atoms with Crippen LogP contribution >= 0.6 is 0 Å². The Balaban J connectivity index is 1.49. The summed E-state index contributed by atoms with van der Waals surface area (Å²) in [6.45, 7) is 13.5. The van der Waals surface area contributed by atoms with Crippen LogP contribution in [0.2, 0.25) is 0 Å². The lowest BCUT2D eigenvalue weighted by Crippen LogP contribution is -2.40. The van der Waals surface area contributed by atoms with E-state index < -0.39 is 5.60 Å². The lowest BCUT2D eigenvalue weighted by molar-refractivity contribution is -0.116. The van der Waals surface area contributed by atoms with Crippen LogP contribution in [-0.2, 0) is 11.2 Å². The molecule has 1 aromatic carbocycles. The highest BCUT2D eigenvalue weighted by Gasteiger charge is 2.32. The molecule has 2 N–H and O–H groups in total. The summed E-state index contributed by atoms with van der Waals surface area (Å²) in [4.78, 5) is 12.4. The summed E-state index contributed by atoms with van der Waals surface area (Å²) in [5.74, 6) is 1.14. The minimum Gasteiger partial charge on any atom is -0.504 e. The first-order chi connectivity index (χ1) is 17.9. The highest BCUT2D eigenvalue weighted by Crippen LogP contribution is 2.42. The molecule has 5 heteroatoms. The molecule has 0 saturated carbocycles. The molecule has 1 heterocycles. The second-order valence-corrected chi connectivity index (χ2v) is 11.6. The fourth-order valence-corrected chi connectivity index (χ4v) is 5.33. The highest BCUT2D eigenvalue weighted by atomic mass is 16.5. The smallest absolute Gasteiger partial charge is 0.244 e. The van der Waals surface area contributed by atoms with E-state index in [4.69, 9.17) is 9.47 Å². The Morgan fingerprint density at radius 2 is 1.89 bits per heavy atom. The molecule has 5 nitrogen and oxygen atoms in total. The number of amides is 1. The van der Waals surface area contributed by atoms with Crippen LogP contribution in [0.15, 0.2) is 70.9 Å². The minimum atomic E-state index is -0.391. The fourth-order valence-electron chi connectivity index (χ4n) is 5.33. The number of phenolic OH excluding ortho intramolecular Hbond substituents is 1. The zero-order chi connectivity index (χ0) is 27.9. The number of carbonyl (C=O) groups excluding carboxylic acids is 1. The molecule has 1 aliphatic carbocycles. The van der Waals surface area contributed by atoms with E-state index in [0.29, 0.717) is 18.7 Å². The van der Waals surface area contributed by atoms with Gasteiger partial charge in [0, 0.05) is 25.1 Å². The largest absolute Gasteiger partial charge is 0.504 e. The van der Waals surface area contributed by atoms with Crippen molar-refractivity contribution in [1.29, 1.82) is 0 Å². The Morgan fingerprint density at radius 1 is 1.13 bits per heavy atom. The van der Waals surface area contributed by atoms with Crippen LogP contribution in [-0.4, -0.2) is 30.3 Å². The predicted molar refractivity (Wildman–Crippen MR) is 156 cm³/mol. The Kier molecular flexibility index (Phi) is 9.70. The van der Waals surface area contributed by atoms with Gasteiger partial charge in [-0.2, -0.15) is 0 Å². The Labute approximate surface area is 229 Å². The molecule has 0 fully saturated rings. The number of phenols is 1. The maximum atomic E-state index is 12.4. The average Bonchev–Trinajstić information content (AvgIpc) is 2.83. The topological polar surface area (TPSA) is 67.8 Å². The van der Waals surface area contributed by atoms with Crippen molar-refractivity contribution in [3.8, 4) is 17.2 Å². The lowest BCUT2D eigenvalue weighted by atomic mass is 9.72. The summed E-state index contributed by atoms with van der Waals surface area (Å²) in [6.07, 6.45) is 18.1. The molecule has 0 radical (unpaired) electrons. The van der Waals surface area contributed by atoms with Gasteiger partial charge < -0.3 is 19.9 Å². The summed E-state index contributed by atoms with van der Waals surface area (Å²) >= 11 is 0. The molecule has 1 aliphatic heterocycles. The van der Waals surface area contributed by atoms with E-state index in [2.05, 4.69) is 58.2 Å². The molecule has 38 heavy (non-hydrogen) atoms. The van der Waals surface area contributed by atoms with E-state index in [1.807, 2.05) is 19.1 Å². The van der Waals surface area contributed by atoms with Crippen molar-refractivity contribution in [3.63, 3.8) is 0 Å². The fraction of sp³-hybridized carbons (Fsp3) is 0.485. The van der Waals surface area contributed by atoms with Gasteiger partial charge in [-0.3, -0.25) is 4.79 Å². The van der Waals surface area contributed by atoms with Crippen molar-refractivity contribution in [3.05, 3.63) is 76.4 Å². The Hall–Kier alpha value is -3.21. The molecule has 1 unspecified atom stereocenters. The molecule has 3 rings (SSSR count). The third-order valence-electron chi connectivity index (χ3n) is 7.73. The second kappa shape index (κ2) is 12.6. The summed E-state index contributed by atoms with van der Waals surface area (Å²) < 4.78 is 11.5. The van der Waals surface area contributed by atoms with E-state index >= 15 is 0 Å². The van der Waals surface area contributed by atoms with E-state index in [9.17, 15) is 9.90 Å². The first-order valence-electron chi connectivity index (χ1n) is 13.7. The van der Waals surface area contributed by atoms with E-state index in [-0.39, 0.29) is 17.1 Å². The van der Waals surface area contributed by atoms with E-state index in [1.165, 1.54) is 43.1 Å². The van der Waals surface area contributed by atoms with Crippen LogP contribution < -0.4 is 14.8 Å². The van der Waals surface area contributed by atoms with Gasteiger partial charge >= 0.3 is 0 Å². The van der Waals surface area contributed by atoms with Crippen LogP contribution in [0.1, 0.15) is 79.2 Å². The Morgan fingerprint density at radius 3 is 2.61 bits per heavy atom. The van der Waals surface area contributed by atoms with Crippen LogP contribution in [0, 0.1) is 5.41 Å². The van der Waals surface area contributed by atoms with Gasteiger partial charge in [-0.05, 0) is 88.0 Å². The first-order valence-corrected chi connectivity index (χ1v) is 13.7. The van der Waals surface area contributed by atoms with Gasteiger partial charge in [0.1, 0.15) is 11.4 Å². The second-order valence-electron chi connectivity index (χ2n) is 11.6. The number of hydrogen-bond donors (Lipinski definition) is 2. The van der Waals surface area contributed by atoms with E-state index in [1.54, 1.807) is 18.2 Å². The predicted octanol–water partition coefficient (Wildman–Crippen LogP) is 7.52. The maximum absolute atomic E-state index is 12.4. The summed E-state index contributed by atoms with van der Waals surface area (Å²) in [6, 6.07) is 3.44. The van der Waals surface area contributed by atoms with Crippen molar-refractivity contribution < 1.29 is 19.4 Å². The number of ether oxygens (including phenoxy) is 2. The molecule has 206 valence electrons. The van der Waals surface area contributed by atoms with Crippen LogP contribution in [0.5, 0.6) is 17.2 Å². The van der Waals surface area contributed by atoms with E-state index in [0.717, 1.165) is 29.7 Å². The SMILES string of the molecule is COc1cc2c(cc1O)CCC(C)(CCNC(=O)/C=C(C)/C=C/C=C(C)/C=C/C1=C(C)CCCC1(C)C)O2. The number of aromatic hydroxyl groups is 1. The lowest BCUT2D eigenvalue weighted by Gasteiger charge is -2.36. The molecule has 0 bridgehead atoms. The van der Waals surface area contributed by atoms with Gasteiger partial charge in [-0.1, -0.05) is 55.4 Å². The maximum Gasteiger partial charge on any atom is 0.244 e. The molecular weight excluding hydrogens is 474 g/mol. The van der Waals surface area contributed by atoms with Gasteiger partial charge in [-0.25, -0.2) is 0 Å². The van der Waals surface area contributed by atoms with Crippen molar-refractivity contribution in [2.45, 2.75) is 85.7 Å². The summed E-state index contributed by atoms with van der Waals surface area (Å²) in [5, 5.41) is 13.0. The number of carbonyl (C=O) groups is 1. The third-order valence-corrected chi connectivity index (χ3v) is 7.73. The number of allylic oxidation sites excluding steroid dienone is 9. The normalized spacial score (nSPS) is 22.0. The number of nitrogens with one attached hydrogen (secondary N) is 1. The van der Waals surface area contributed by atoms with Crippen LogP contribution in [0.3, 0.4) is 0 Å². The number of hydrogen-bond acceptors (Lipinski definition) is 4. The van der Waals surface area contributed by atoms with Crippen molar-refractivity contribution in [2.24, 2.45) is 5.41 Å². The highest BCUT2D eigenvalue weighted by molar-refractivity contribution is 5.88. The number of rotatable bonds is 9. The summed E-state index contributed by atoms with van der Waals surface area (Å²) in [5.41, 5.74) is 5.85. The molecule has 1 aromatic rings. The van der Waals surface area contributed by atoms with Crippen LogP contribution in [0.25, 0.3) is 0 Å². The van der Waals surface area contributed by atoms with Crippen LogP contribution in [0.4, 0.5) is 0 Å². The number of aryl methyl sites for hydroxylation is 1. The molecule has 0 spiro atoms. The number of fused-ring (bicyclic) bond motifs is 1. The monoisotopic (exact) mass is 519 g/mol. The molecular formula is C33H45NO4. The summed E-state index contributed by atoms with van der Waals surface area (Å²) in [7, 11) is 1.52. The van der Waals surface area contributed by atoms with Gasteiger partial charge in [0.25, 0.3) is 0 Å². The number of methoxy groups -OCH3 is 1. The zero-order valence-electron chi connectivity index (χ0n) is 24.2.